The molecule has 2 aromatic rings. The van der Waals surface area contributed by atoms with Gasteiger partial charge in [0.15, 0.2) is 0 Å². The largest absolute Gasteiger partial charge is 0.383 e. The number of fused-ring (bicyclic) bond motifs is 1. The van der Waals surface area contributed by atoms with Crippen LogP contribution in [0, 0.1) is 5.92 Å². The normalized spacial score (nSPS) is 26.6. The molecule has 0 radical (unpaired) electrons. The number of pyridine rings is 1. The van der Waals surface area contributed by atoms with Gasteiger partial charge in [-0.2, -0.15) is 0 Å². The molecule has 3 heterocycles. The first kappa shape index (κ1) is 16.2. The molecule has 132 valence electrons. The zero-order valence-electron chi connectivity index (χ0n) is 14.1. The van der Waals surface area contributed by atoms with E-state index in [0.717, 1.165) is 61.5 Å². The van der Waals surface area contributed by atoms with Crippen molar-refractivity contribution in [3.63, 3.8) is 0 Å². The summed E-state index contributed by atoms with van der Waals surface area (Å²) in [5.74, 6) is 1.58. The van der Waals surface area contributed by atoms with Crippen molar-refractivity contribution in [2.45, 2.75) is 44.1 Å². The van der Waals surface area contributed by atoms with E-state index in [1.54, 1.807) is 6.20 Å². The number of carbonyl (C=O) groups is 1. The van der Waals surface area contributed by atoms with Gasteiger partial charge in [-0.3, -0.25) is 0 Å². The first-order valence-corrected chi connectivity index (χ1v) is 8.95. The summed E-state index contributed by atoms with van der Waals surface area (Å²) in [4.78, 5) is 24.4. The number of anilines is 2. The zero-order chi connectivity index (χ0) is 17.2. The maximum atomic E-state index is 10.9. The third-order valence-corrected chi connectivity index (χ3v) is 5.35. The van der Waals surface area contributed by atoms with Crippen molar-refractivity contribution in [3.05, 3.63) is 18.0 Å². The Labute approximate surface area is 146 Å². The van der Waals surface area contributed by atoms with Crippen LogP contribution >= 0.6 is 0 Å². The number of aldehydes is 1. The van der Waals surface area contributed by atoms with Crippen molar-refractivity contribution < 1.29 is 9.53 Å². The fourth-order valence-corrected chi connectivity index (χ4v) is 3.79. The third-order valence-electron chi connectivity index (χ3n) is 5.35. The van der Waals surface area contributed by atoms with Crippen LogP contribution in [0.3, 0.4) is 0 Å². The first-order valence-electron chi connectivity index (χ1n) is 8.95. The molecule has 3 N–H and O–H groups in total. The van der Waals surface area contributed by atoms with Crippen LogP contribution in [0.15, 0.2) is 12.4 Å². The summed E-state index contributed by atoms with van der Waals surface area (Å²) in [7, 11) is 0. The predicted octanol–water partition coefficient (Wildman–Crippen LogP) is 2.28. The number of nitrogens with zero attached hydrogens (tertiary/aromatic N) is 3. The second-order valence-corrected chi connectivity index (χ2v) is 7.01. The molecule has 1 atom stereocenters. The molecule has 0 bridgehead atoms. The molecule has 7 nitrogen and oxygen atoms in total. The summed E-state index contributed by atoms with van der Waals surface area (Å²) >= 11 is 0. The van der Waals surface area contributed by atoms with E-state index in [1.807, 2.05) is 6.20 Å². The average Bonchev–Trinajstić information content (AvgIpc) is 3.17. The Balaban J connectivity index is 1.60. The van der Waals surface area contributed by atoms with Gasteiger partial charge < -0.3 is 20.6 Å². The highest BCUT2D eigenvalue weighted by molar-refractivity contribution is 5.90. The van der Waals surface area contributed by atoms with Gasteiger partial charge in [-0.05, 0) is 32.1 Å². The highest BCUT2D eigenvalue weighted by Crippen LogP contribution is 2.32. The van der Waals surface area contributed by atoms with Crippen LogP contribution in [0.4, 0.5) is 11.8 Å². The number of carbonyl (C=O) groups excluding carboxylic acids is 1. The standard InChI is InChI=1S/C18H23N5O2/c19-17-15-8-21-18(22-13-3-1-11(9-24)2-4-13)23-16(15)14(7-20-17)12-5-6-25-10-12/h7-9,11-13H,1-6,10H2,(H2,19,20)(H,21,22,23)/t11-,12?,13-. The van der Waals surface area contributed by atoms with Gasteiger partial charge in [-0.1, -0.05) is 0 Å². The predicted molar refractivity (Wildman–Crippen MR) is 95.4 cm³/mol. The Morgan fingerprint density at radius 3 is 2.72 bits per heavy atom. The van der Waals surface area contributed by atoms with Crippen LogP contribution in [0.5, 0.6) is 0 Å². The highest BCUT2D eigenvalue weighted by Gasteiger charge is 2.24. The lowest BCUT2D eigenvalue weighted by Crippen LogP contribution is -2.27. The minimum absolute atomic E-state index is 0.204. The van der Waals surface area contributed by atoms with E-state index in [-0.39, 0.29) is 5.92 Å². The van der Waals surface area contributed by atoms with Crippen molar-refractivity contribution in [3.8, 4) is 0 Å². The van der Waals surface area contributed by atoms with Crippen LogP contribution in [0.1, 0.15) is 43.6 Å². The molecule has 7 heteroatoms. The number of hydrogen-bond acceptors (Lipinski definition) is 7. The van der Waals surface area contributed by atoms with Gasteiger partial charge in [0.2, 0.25) is 5.95 Å². The van der Waals surface area contributed by atoms with E-state index in [9.17, 15) is 4.79 Å². The van der Waals surface area contributed by atoms with E-state index in [0.29, 0.717) is 30.3 Å². The smallest absolute Gasteiger partial charge is 0.223 e. The summed E-state index contributed by atoms with van der Waals surface area (Å²) in [6.45, 7) is 1.47. The van der Waals surface area contributed by atoms with Crippen LogP contribution < -0.4 is 11.1 Å². The van der Waals surface area contributed by atoms with Gasteiger partial charge in [-0.15, -0.1) is 0 Å². The van der Waals surface area contributed by atoms with Crippen molar-refractivity contribution in [2.75, 3.05) is 24.3 Å². The van der Waals surface area contributed by atoms with Crippen molar-refractivity contribution in [1.82, 2.24) is 15.0 Å². The lowest BCUT2D eigenvalue weighted by Gasteiger charge is -2.26. The van der Waals surface area contributed by atoms with Gasteiger partial charge in [-0.25, -0.2) is 15.0 Å². The molecule has 2 aliphatic rings. The summed E-state index contributed by atoms with van der Waals surface area (Å²) in [5, 5.41) is 4.22. The van der Waals surface area contributed by atoms with Gasteiger partial charge in [0.1, 0.15) is 12.1 Å². The van der Waals surface area contributed by atoms with E-state index in [1.165, 1.54) is 0 Å². The van der Waals surface area contributed by atoms with Gasteiger partial charge >= 0.3 is 0 Å². The molecule has 1 saturated heterocycles. The molecule has 2 fully saturated rings. The minimum atomic E-state index is 0.204. The monoisotopic (exact) mass is 341 g/mol. The first-order chi connectivity index (χ1) is 12.2. The fraction of sp³-hybridized carbons (Fsp3) is 0.556. The van der Waals surface area contributed by atoms with Crippen LogP contribution in [0.25, 0.3) is 10.9 Å². The number of nitrogen functional groups attached to an aromatic ring is 1. The topological polar surface area (TPSA) is 103 Å². The second kappa shape index (κ2) is 6.92. The van der Waals surface area contributed by atoms with Crippen molar-refractivity contribution in [1.29, 1.82) is 0 Å². The van der Waals surface area contributed by atoms with Gasteiger partial charge in [0.25, 0.3) is 0 Å². The molecule has 2 aromatic heterocycles. The summed E-state index contributed by atoms with van der Waals surface area (Å²) in [6, 6.07) is 0.311. The minimum Gasteiger partial charge on any atom is -0.383 e. The Morgan fingerprint density at radius 1 is 1.16 bits per heavy atom. The van der Waals surface area contributed by atoms with E-state index in [4.69, 9.17) is 15.5 Å². The molecule has 0 amide bonds. The van der Waals surface area contributed by atoms with Crippen LogP contribution in [-0.2, 0) is 9.53 Å². The van der Waals surface area contributed by atoms with Gasteiger partial charge in [0, 0.05) is 42.4 Å². The van der Waals surface area contributed by atoms with Crippen molar-refractivity contribution >= 4 is 29.0 Å². The zero-order valence-corrected chi connectivity index (χ0v) is 14.1. The van der Waals surface area contributed by atoms with E-state index < -0.39 is 0 Å². The molecule has 1 aliphatic heterocycles. The molecule has 0 aromatic carbocycles. The lowest BCUT2D eigenvalue weighted by molar-refractivity contribution is -0.111. The molecule has 1 saturated carbocycles. The maximum absolute atomic E-state index is 10.9. The Hall–Kier alpha value is -2.28. The number of nitrogens with one attached hydrogen (secondary N) is 1. The number of nitrogens with two attached hydrogens (primary N) is 1. The van der Waals surface area contributed by atoms with Crippen LogP contribution in [-0.4, -0.2) is 40.5 Å². The van der Waals surface area contributed by atoms with Crippen molar-refractivity contribution in [2.24, 2.45) is 5.92 Å². The van der Waals surface area contributed by atoms with E-state index >= 15 is 0 Å². The number of hydrogen-bond donors (Lipinski definition) is 2. The fourth-order valence-electron chi connectivity index (χ4n) is 3.79. The average molecular weight is 341 g/mol. The number of aromatic nitrogens is 3. The Bertz CT molecular complexity index is 767. The second-order valence-electron chi connectivity index (χ2n) is 7.01. The maximum Gasteiger partial charge on any atom is 0.223 e. The molecule has 1 unspecified atom stereocenters. The van der Waals surface area contributed by atoms with E-state index in [2.05, 4.69) is 15.3 Å². The number of rotatable bonds is 4. The SMILES string of the molecule is Nc1ncc(C2CCOC2)c2nc(N[C@H]3CC[C@H](C=O)CC3)ncc12. The Kier molecular flexibility index (Phi) is 4.48. The molecular formula is C18H23N5O2. The summed E-state index contributed by atoms with van der Waals surface area (Å²) < 4.78 is 5.52. The molecule has 4 rings (SSSR count). The molecular weight excluding hydrogens is 318 g/mol. The number of ether oxygens (including phenoxy) is 1. The highest BCUT2D eigenvalue weighted by atomic mass is 16.5. The summed E-state index contributed by atoms with van der Waals surface area (Å²) in [6.07, 6.45) is 9.41. The molecule has 1 aliphatic carbocycles. The summed E-state index contributed by atoms with van der Waals surface area (Å²) in [5.41, 5.74) is 7.96. The Morgan fingerprint density at radius 2 is 2.00 bits per heavy atom. The van der Waals surface area contributed by atoms with Crippen LogP contribution in [0.2, 0.25) is 0 Å². The molecule has 25 heavy (non-hydrogen) atoms. The van der Waals surface area contributed by atoms with Gasteiger partial charge in [0.05, 0.1) is 17.5 Å². The third kappa shape index (κ3) is 3.28. The molecule has 0 spiro atoms. The quantitative estimate of drug-likeness (QED) is 0.822. The lowest BCUT2D eigenvalue weighted by atomic mass is 9.87.